The second kappa shape index (κ2) is 8.62. The van der Waals surface area contributed by atoms with Gasteiger partial charge in [0.25, 0.3) is 0 Å². The standard InChI is InChI=1S/C23H28N4O3S2/c1-26-21(13-20(25-26)18-6-3-4-7-22(18)30-2)19-15-27-10-9-16(19)12-17(27)14-24-32(28,29)23-8-5-11-31-23/h3-8,11,13,16-17,19,24H,9-10,12,14-15H2,1-2H3/t16-,17+,19-/m0/s1. The molecule has 3 saturated heterocycles. The van der Waals surface area contributed by atoms with E-state index in [1.807, 2.05) is 36.0 Å². The van der Waals surface area contributed by atoms with E-state index in [1.165, 1.54) is 17.0 Å². The van der Waals surface area contributed by atoms with Crippen LogP contribution < -0.4 is 9.46 Å². The van der Waals surface area contributed by atoms with Gasteiger partial charge < -0.3 is 4.74 Å². The summed E-state index contributed by atoms with van der Waals surface area (Å²) in [4.78, 5) is 2.44. The summed E-state index contributed by atoms with van der Waals surface area (Å²) in [5, 5.41) is 6.58. The number of rotatable bonds is 7. The molecule has 7 nitrogen and oxygen atoms in total. The molecule has 5 heterocycles. The third kappa shape index (κ3) is 3.98. The summed E-state index contributed by atoms with van der Waals surface area (Å²) in [7, 11) is 0.272. The Morgan fingerprint density at radius 2 is 2.09 bits per heavy atom. The van der Waals surface area contributed by atoms with E-state index in [9.17, 15) is 8.42 Å². The van der Waals surface area contributed by atoms with Crippen LogP contribution in [0, 0.1) is 5.92 Å². The van der Waals surface area contributed by atoms with Gasteiger partial charge in [0.1, 0.15) is 9.96 Å². The van der Waals surface area contributed by atoms with Gasteiger partial charge in [-0.15, -0.1) is 11.3 Å². The lowest BCUT2D eigenvalue weighted by molar-refractivity contribution is 0.0306. The van der Waals surface area contributed by atoms with Crippen molar-refractivity contribution in [1.82, 2.24) is 19.4 Å². The Balaban J connectivity index is 1.31. The molecule has 0 spiro atoms. The van der Waals surface area contributed by atoms with Crippen molar-refractivity contribution in [2.24, 2.45) is 13.0 Å². The van der Waals surface area contributed by atoms with Crippen LogP contribution in [0.1, 0.15) is 24.5 Å². The van der Waals surface area contributed by atoms with Crippen molar-refractivity contribution in [1.29, 1.82) is 0 Å². The Morgan fingerprint density at radius 1 is 1.25 bits per heavy atom. The number of aryl methyl sites for hydroxylation is 1. The van der Waals surface area contributed by atoms with Gasteiger partial charge in [0.15, 0.2) is 0 Å². The topological polar surface area (TPSA) is 76.5 Å². The first-order chi connectivity index (χ1) is 15.5. The first-order valence-corrected chi connectivity index (χ1v) is 13.3. The van der Waals surface area contributed by atoms with Gasteiger partial charge in [-0.3, -0.25) is 9.58 Å². The molecule has 0 aliphatic carbocycles. The van der Waals surface area contributed by atoms with E-state index in [-0.39, 0.29) is 6.04 Å². The minimum Gasteiger partial charge on any atom is -0.496 e. The maximum atomic E-state index is 12.5. The normalized spacial score (nSPS) is 25.2. The Hall–Kier alpha value is -2.20. The van der Waals surface area contributed by atoms with Gasteiger partial charge in [0, 0.05) is 43.4 Å². The molecular weight excluding hydrogens is 444 g/mol. The van der Waals surface area contributed by atoms with Gasteiger partial charge in [-0.1, -0.05) is 18.2 Å². The third-order valence-corrected chi connectivity index (χ3v) is 9.65. The Kier molecular flexibility index (Phi) is 5.83. The third-order valence-electron chi connectivity index (χ3n) is 6.83. The fraction of sp³-hybridized carbons (Fsp3) is 0.435. The number of fused-ring (bicyclic) bond motifs is 3. The minimum absolute atomic E-state index is 0.238. The van der Waals surface area contributed by atoms with Gasteiger partial charge in [0.05, 0.1) is 12.8 Å². The molecule has 0 saturated carbocycles. The van der Waals surface area contributed by atoms with E-state index >= 15 is 0 Å². The lowest BCUT2D eigenvalue weighted by Crippen LogP contribution is -2.56. The summed E-state index contributed by atoms with van der Waals surface area (Å²) in [5.41, 5.74) is 3.16. The van der Waals surface area contributed by atoms with Crippen molar-refractivity contribution >= 4 is 21.4 Å². The van der Waals surface area contributed by atoms with Gasteiger partial charge >= 0.3 is 0 Å². The number of para-hydroxylation sites is 1. The molecule has 3 fully saturated rings. The van der Waals surface area contributed by atoms with Gasteiger partial charge in [-0.25, -0.2) is 13.1 Å². The average Bonchev–Trinajstić information content (AvgIpc) is 3.49. The molecule has 2 aromatic heterocycles. The number of benzene rings is 1. The lowest BCUT2D eigenvalue weighted by Gasteiger charge is -2.49. The van der Waals surface area contributed by atoms with Crippen LogP contribution in [-0.2, 0) is 17.1 Å². The van der Waals surface area contributed by atoms with E-state index < -0.39 is 10.0 Å². The van der Waals surface area contributed by atoms with Crippen molar-refractivity contribution in [3.05, 3.63) is 53.5 Å². The number of piperidine rings is 3. The molecule has 170 valence electrons. The maximum absolute atomic E-state index is 12.5. The minimum atomic E-state index is -3.42. The number of methoxy groups -OCH3 is 1. The zero-order valence-electron chi connectivity index (χ0n) is 18.3. The number of nitrogens with one attached hydrogen (secondary N) is 1. The first-order valence-electron chi connectivity index (χ1n) is 10.9. The number of hydrogen-bond acceptors (Lipinski definition) is 6. The molecule has 0 amide bonds. The van der Waals surface area contributed by atoms with Crippen LogP contribution in [0.5, 0.6) is 5.75 Å². The summed E-state index contributed by atoms with van der Waals surface area (Å²) >= 11 is 1.25. The number of aromatic nitrogens is 2. The van der Waals surface area contributed by atoms with Crippen LogP contribution in [0.3, 0.4) is 0 Å². The number of thiophene rings is 1. The Bertz CT molecular complexity index is 1190. The fourth-order valence-electron chi connectivity index (χ4n) is 5.20. The van der Waals surface area contributed by atoms with Crippen LogP contribution in [-0.4, -0.2) is 55.9 Å². The predicted molar refractivity (Wildman–Crippen MR) is 126 cm³/mol. The van der Waals surface area contributed by atoms with Crippen LogP contribution >= 0.6 is 11.3 Å². The van der Waals surface area contributed by atoms with Crippen LogP contribution in [0.15, 0.2) is 52.1 Å². The Labute approximate surface area is 193 Å². The molecular formula is C23H28N4O3S2. The monoisotopic (exact) mass is 472 g/mol. The average molecular weight is 473 g/mol. The molecule has 1 N–H and O–H groups in total. The molecule has 3 aliphatic rings. The van der Waals surface area contributed by atoms with E-state index in [1.54, 1.807) is 24.6 Å². The van der Waals surface area contributed by atoms with Crippen molar-refractivity contribution < 1.29 is 13.2 Å². The van der Waals surface area contributed by atoms with Crippen LogP contribution in [0.2, 0.25) is 0 Å². The molecule has 9 heteroatoms. The van der Waals surface area contributed by atoms with Crippen LogP contribution in [0.4, 0.5) is 0 Å². The highest BCUT2D eigenvalue weighted by atomic mass is 32.2. The lowest BCUT2D eigenvalue weighted by atomic mass is 9.74. The second-order valence-electron chi connectivity index (χ2n) is 8.60. The highest BCUT2D eigenvalue weighted by Gasteiger charge is 2.42. The molecule has 32 heavy (non-hydrogen) atoms. The summed E-state index contributed by atoms with van der Waals surface area (Å²) in [5.74, 6) is 1.75. The summed E-state index contributed by atoms with van der Waals surface area (Å²) in [6, 6.07) is 13.8. The smallest absolute Gasteiger partial charge is 0.250 e. The number of ether oxygens (including phenoxy) is 1. The van der Waals surface area contributed by atoms with Gasteiger partial charge in [-0.2, -0.15) is 5.10 Å². The SMILES string of the molecule is COc1ccccc1-c1cc([C@H]2CN3CC[C@H]2C[C@@H]3CNS(=O)(=O)c2cccs2)n(C)n1. The Morgan fingerprint density at radius 3 is 2.81 bits per heavy atom. The molecule has 1 unspecified atom stereocenters. The number of nitrogens with zero attached hydrogens (tertiary/aromatic N) is 3. The van der Waals surface area contributed by atoms with E-state index in [0.29, 0.717) is 22.6 Å². The van der Waals surface area contributed by atoms with E-state index in [2.05, 4.69) is 15.7 Å². The number of hydrogen-bond donors (Lipinski definition) is 1. The zero-order chi connectivity index (χ0) is 22.3. The highest BCUT2D eigenvalue weighted by molar-refractivity contribution is 7.91. The van der Waals surface area contributed by atoms with Gasteiger partial charge in [-0.05, 0) is 54.9 Å². The first kappa shape index (κ1) is 21.6. The molecule has 3 aromatic rings. The van der Waals surface area contributed by atoms with Crippen molar-refractivity contribution in [3.8, 4) is 17.0 Å². The summed E-state index contributed by atoms with van der Waals surface area (Å²) in [6.45, 7) is 2.41. The van der Waals surface area contributed by atoms with Crippen molar-refractivity contribution in [2.75, 3.05) is 26.7 Å². The molecule has 1 aromatic carbocycles. The number of sulfonamides is 1. The summed E-state index contributed by atoms with van der Waals surface area (Å²) in [6.07, 6.45) is 2.13. The quantitative estimate of drug-likeness (QED) is 0.571. The van der Waals surface area contributed by atoms with Crippen molar-refractivity contribution in [3.63, 3.8) is 0 Å². The molecule has 0 radical (unpaired) electrons. The van der Waals surface area contributed by atoms with E-state index in [4.69, 9.17) is 9.84 Å². The molecule has 4 atom stereocenters. The fourth-order valence-corrected chi connectivity index (χ4v) is 7.31. The molecule has 2 bridgehead atoms. The largest absolute Gasteiger partial charge is 0.496 e. The van der Waals surface area contributed by atoms with Crippen molar-refractivity contribution in [2.45, 2.75) is 29.0 Å². The van der Waals surface area contributed by atoms with Crippen LogP contribution in [0.25, 0.3) is 11.3 Å². The second-order valence-corrected chi connectivity index (χ2v) is 11.5. The van der Waals surface area contributed by atoms with Gasteiger partial charge in [0.2, 0.25) is 10.0 Å². The predicted octanol–water partition coefficient (Wildman–Crippen LogP) is 3.31. The maximum Gasteiger partial charge on any atom is 0.250 e. The summed E-state index contributed by atoms with van der Waals surface area (Å²) < 4.78 is 35.8. The molecule has 6 rings (SSSR count). The highest BCUT2D eigenvalue weighted by Crippen LogP contribution is 2.43. The zero-order valence-corrected chi connectivity index (χ0v) is 19.9. The van der Waals surface area contributed by atoms with E-state index in [0.717, 1.165) is 42.9 Å². The molecule has 3 aliphatic heterocycles.